The van der Waals surface area contributed by atoms with Crippen LogP contribution in [0.5, 0.6) is 5.75 Å². The molecule has 0 bridgehead atoms. The van der Waals surface area contributed by atoms with Crippen molar-refractivity contribution in [3.63, 3.8) is 0 Å². The van der Waals surface area contributed by atoms with Crippen molar-refractivity contribution in [1.29, 1.82) is 0 Å². The maximum Gasteiger partial charge on any atom is 0.322 e. The summed E-state index contributed by atoms with van der Waals surface area (Å²) in [5.74, 6) is -2.68. The van der Waals surface area contributed by atoms with Crippen molar-refractivity contribution >= 4 is 45.0 Å². The zero-order chi connectivity index (χ0) is 19.0. The number of fused-ring (bicyclic) bond motifs is 1. The third kappa shape index (κ3) is 3.04. The van der Waals surface area contributed by atoms with Gasteiger partial charge in [0.1, 0.15) is 12.1 Å². The summed E-state index contributed by atoms with van der Waals surface area (Å²) in [6.07, 6.45) is 0. The number of aliphatic carboxylic acids is 1. The number of aryl methyl sites for hydroxylation is 1. The number of amides is 1. The molecule has 0 radical (unpaired) electrons. The van der Waals surface area contributed by atoms with E-state index in [0.29, 0.717) is 15.2 Å². The molecule has 0 aliphatic carbocycles. The van der Waals surface area contributed by atoms with Crippen LogP contribution in [-0.2, 0) is 11.8 Å². The summed E-state index contributed by atoms with van der Waals surface area (Å²) >= 11 is 7.39. The number of nitrogens with zero attached hydrogens (tertiary/aromatic N) is 1. The fourth-order valence-corrected chi connectivity index (χ4v) is 4.01. The van der Waals surface area contributed by atoms with E-state index in [-0.39, 0.29) is 0 Å². The van der Waals surface area contributed by atoms with Crippen LogP contribution < -0.4 is 10.9 Å². The van der Waals surface area contributed by atoms with Gasteiger partial charge in [-0.25, -0.2) is 0 Å². The largest absolute Gasteiger partial charge is 0.505 e. The molecule has 134 valence electrons. The third-order valence-electron chi connectivity index (χ3n) is 3.81. The second kappa shape index (κ2) is 6.81. The lowest BCUT2D eigenvalue weighted by Crippen LogP contribution is -2.35. The van der Waals surface area contributed by atoms with Gasteiger partial charge in [0.15, 0.2) is 5.75 Å². The van der Waals surface area contributed by atoms with Crippen LogP contribution in [0.25, 0.3) is 20.7 Å². The maximum absolute atomic E-state index is 12.5. The SMILES string of the molecule is Cn1c(=O)c(C(=O)NCC(=O)O)c(O)c2sc(-c3ccccc3Cl)cc21. The number of carboxylic acids is 1. The van der Waals surface area contributed by atoms with Gasteiger partial charge >= 0.3 is 5.97 Å². The lowest BCUT2D eigenvalue weighted by molar-refractivity contribution is -0.135. The van der Waals surface area contributed by atoms with E-state index in [1.54, 1.807) is 18.2 Å². The maximum atomic E-state index is 12.5. The number of nitrogens with one attached hydrogen (secondary N) is 1. The quantitative estimate of drug-likeness (QED) is 0.632. The standard InChI is InChI=1S/C17H13ClN2O5S/c1-20-10-6-11(8-4-2-3-5-9(8)18)26-15(10)14(23)13(17(20)25)16(24)19-7-12(21)22/h2-6,23H,7H2,1H3,(H,19,24)(H,21,22). The molecule has 7 nitrogen and oxygen atoms in total. The first-order valence-corrected chi connectivity index (χ1v) is 8.61. The van der Waals surface area contributed by atoms with Crippen molar-refractivity contribution in [3.8, 4) is 16.2 Å². The fraction of sp³-hybridized carbons (Fsp3) is 0.118. The Balaban J connectivity index is 2.19. The Hall–Kier alpha value is -2.84. The first-order valence-electron chi connectivity index (χ1n) is 7.41. The third-order valence-corrected chi connectivity index (χ3v) is 5.30. The molecule has 0 aliphatic rings. The summed E-state index contributed by atoms with van der Waals surface area (Å²) < 4.78 is 1.57. The van der Waals surface area contributed by atoms with Gasteiger partial charge in [0.05, 0.1) is 10.2 Å². The van der Waals surface area contributed by atoms with Crippen molar-refractivity contribution in [3.05, 3.63) is 51.3 Å². The molecule has 1 aromatic carbocycles. The Bertz CT molecular complexity index is 1100. The minimum absolute atomic E-state index is 0.336. The first-order chi connectivity index (χ1) is 12.3. The zero-order valence-corrected chi connectivity index (χ0v) is 15.0. The lowest BCUT2D eigenvalue weighted by Gasteiger charge is -2.08. The van der Waals surface area contributed by atoms with Gasteiger partial charge in [-0.1, -0.05) is 29.8 Å². The molecular formula is C17H13ClN2O5S. The number of aromatic hydroxyl groups is 1. The monoisotopic (exact) mass is 392 g/mol. The van der Waals surface area contributed by atoms with Crippen LogP contribution in [0, 0.1) is 0 Å². The molecule has 2 heterocycles. The van der Waals surface area contributed by atoms with Crippen molar-refractivity contribution in [2.45, 2.75) is 0 Å². The Kier molecular flexibility index (Phi) is 4.71. The van der Waals surface area contributed by atoms with Crippen LogP contribution in [0.15, 0.2) is 35.1 Å². The molecule has 9 heteroatoms. The summed E-state index contributed by atoms with van der Waals surface area (Å²) in [4.78, 5) is 36.0. The molecule has 0 aliphatic heterocycles. The van der Waals surface area contributed by atoms with Gasteiger partial charge in [0, 0.05) is 22.5 Å². The Morgan fingerprint density at radius 2 is 2.00 bits per heavy atom. The molecule has 3 aromatic rings. The van der Waals surface area contributed by atoms with Crippen molar-refractivity contribution < 1.29 is 19.8 Å². The number of rotatable bonds is 4. The van der Waals surface area contributed by atoms with Crippen LogP contribution >= 0.6 is 22.9 Å². The summed E-state index contributed by atoms with van der Waals surface area (Å²) in [7, 11) is 1.47. The second-order valence-corrected chi connectivity index (χ2v) is 6.93. The van der Waals surface area contributed by atoms with E-state index in [0.717, 1.165) is 10.4 Å². The average molecular weight is 393 g/mol. The molecule has 1 amide bonds. The van der Waals surface area contributed by atoms with Gasteiger partial charge in [-0.05, 0) is 12.1 Å². The summed E-state index contributed by atoms with van der Waals surface area (Å²) in [5.41, 5.74) is -0.0310. The van der Waals surface area contributed by atoms with Gasteiger partial charge in [-0.15, -0.1) is 11.3 Å². The van der Waals surface area contributed by atoms with Crippen molar-refractivity contribution in [2.24, 2.45) is 7.05 Å². The smallest absolute Gasteiger partial charge is 0.322 e. The minimum atomic E-state index is -1.26. The lowest BCUT2D eigenvalue weighted by atomic mass is 10.1. The molecular weight excluding hydrogens is 380 g/mol. The molecule has 0 unspecified atom stereocenters. The van der Waals surface area contributed by atoms with Crippen LogP contribution in [0.4, 0.5) is 0 Å². The average Bonchev–Trinajstić information content (AvgIpc) is 3.04. The highest BCUT2D eigenvalue weighted by Gasteiger charge is 2.23. The normalized spacial score (nSPS) is 10.8. The molecule has 3 N–H and O–H groups in total. The van der Waals surface area contributed by atoms with Gasteiger partial charge in [0.2, 0.25) is 0 Å². The number of carbonyl (C=O) groups excluding carboxylic acids is 1. The molecule has 0 atom stereocenters. The van der Waals surface area contributed by atoms with Gasteiger partial charge in [0.25, 0.3) is 11.5 Å². The predicted molar refractivity (Wildman–Crippen MR) is 99.1 cm³/mol. The number of hydrogen-bond acceptors (Lipinski definition) is 5. The number of benzene rings is 1. The first kappa shape index (κ1) is 18.0. The number of halogens is 1. The number of carboxylic acid groups (broad SMARTS) is 1. The van der Waals surface area contributed by atoms with E-state index in [1.165, 1.54) is 23.0 Å². The van der Waals surface area contributed by atoms with Crippen molar-refractivity contribution in [2.75, 3.05) is 6.54 Å². The topological polar surface area (TPSA) is 109 Å². The summed E-state index contributed by atoms with van der Waals surface area (Å²) in [6, 6.07) is 8.85. The van der Waals surface area contributed by atoms with E-state index in [4.69, 9.17) is 16.7 Å². The Morgan fingerprint density at radius 3 is 2.65 bits per heavy atom. The minimum Gasteiger partial charge on any atom is -0.505 e. The predicted octanol–water partition coefficient (Wildman–Crippen LogP) is 2.44. The van der Waals surface area contributed by atoms with E-state index in [1.807, 2.05) is 12.1 Å². The fourth-order valence-electron chi connectivity index (χ4n) is 2.53. The number of thiophene rings is 1. The molecule has 0 spiro atoms. The van der Waals surface area contributed by atoms with E-state index in [9.17, 15) is 19.5 Å². The van der Waals surface area contributed by atoms with Crippen LogP contribution in [0.3, 0.4) is 0 Å². The van der Waals surface area contributed by atoms with E-state index < -0.39 is 35.3 Å². The highest BCUT2D eigenvalue weighted by molar-refractivity contribution is 7.22. The highest BCUT2D eigenvalue weighted by atomic mass is 35.5. The zero-order valence-electron chi connectivity index (χ0n) is 13.4. The molecule has 0 saturated heterocycles. The molecule has 0 saturated carbocycles. The highest BCUT2D eigenvalue weighted by Crippen LogP contribution is 2.40. The van der Waals surface area contributed by atoms with Crippen LogP contribution in [0.2, 0.25) is 5.02 Å². The molecule has 26 heavy (non-hydrogen) atoms. The van der Waals surface area contributed by atoms with E-state index >= 15 is 0 Å². The Morgan fingerprint density at radius 1 is 1.31 bits per heavy atom. The number of pyridine rings is 1. The Labute approximate surface area is 156 Å². The van der Waals surface area contributed by atoms with E-state index in [2.05, 4.69) is 5.32 Å². The summed E-state index contributed by atoms with van der Waals surface area (Å²) in [6.45, 7) is -0.658. The summed E-state index contributed by atoms with van der Waals surface area (Å²) in [5, 5.41) is 21.7. The second-order valence-electron chi connectivity index (χ2n) is 5.47. The molecule has 2 aromatic heterocycles. The van der Waals surface area contributed by atoms with Crippen LogP contribution in [0.1, 0.15) is 10.4 Å². The molecule has 0 fully saturated rings. The van der Waals surface area contributed by atoms with Crippen LogP contribution in [-0.4, -0.2) is 33.2 Å². The van der Waals surface area contributed by atoms with Gasteiger partial charge < -0.3 is 20.1 Å². The van der Waals surface area contributed by atoms with Gasteiger partial charge in [-0.2, -0.15) is 0 Å². The van der Waals surface area contributed by atoms with Gasteiger partial charge in [-0.3, -0.25) is 14.4 Å². The number of hydrogen-bond donors (Lipinski definition) is 3. The number of aromatic nitrogens is 1. The number of carbonyl (C=O) groups is 2. The van der Waals surface area contributed by atoms with Crippen molar-refractivity contribution in [1.82, 2.24) is 9.88 Å². The molecule has 3 rings (SSSR count).